The molecule has 0 heterocycles. The largest absolute Gasteiger partial charge is 0.480 e. The third kappa shape index (κ3) is 6.93. The van der Waals surface area contributed by atoms with E-state index in [1.54, 1.807) is 0 Å². The van der Waals surface area contributed by atoms with Crippen LogP contribution in [0.1, 0.15) is 36.8 Å². The number of aryl methyl sites for hydroxylation is 1. The first-order valence-corrected chi connectivity index (χ1v) is 13.5. The molecule has 0 aliphatic heterocycles. The molecule has 0 saturated heterocycles. The van der Waals surface area contributed by atoms with Crippen LogP contribution in [-0.2, 0) is 25.1 Å². The quantitative estimate of drug-likeness (QED) is 0.268. The lowest BCUT2D eigenvalue weighted by Crippen LogP contribution is -2.50. The number of carbonyl (C=O) groups is 1. The molecule has 37 heavy (non-hydrogen) atoms. The zero-order valence-corrected chi connectivity index (χ0v) is 21.5. The normalized spacial score (nSPS) is 16.0. The Balaban J connectivity index is 1.97. The molecule has 198 valence electrons. The van der Waals surface area contributed by atoms with Crippen LogP contribution in [0.5, 0.6) is 0 Å². The van der Waals surface area contributed by atoms with E-state index in [0.29, 0.717) is 12.8 Å². The van der Waals surface area contributed by atoms with Gasteiger partial charge in [0.2, 0.25) is 10.0 Å². The average Bonchev–Trinajstić information content (AvgIpc) is 3.33. The predicted molar refractivity (Wildman–Crippen MR) is 139 cm³/mol. The Hall–Kier alpha value is -3.30. The van der Waals surface area contributed by atoms with E-state index in [1.165, 1.54) is 18.2 Å². The van der Waals surface area contributed by atoms with E-state index in [-0.39, 0.29) is 5.76 Å². The summed E-state index contributed by atoms with van der Waals surface area (Å²) in [5.74, 6) is -2.11. The van der Waals surface area contributed by atoms with Gasteiger partial charge in [0.05, 0.1) is 11.3 Å². The van der Waals surface area contributed by atoms with Crippen LogP contribution in [0.2, 0.25) is 0 Å². The van der Waals surface area contributed by atoms with Crippen molar-refractivity contribution in [1.82, 2.24) is 4.31 Å². The summed E-state index contributed by atoms with van der Waals surface area (Å²) in [5, 5.41) is 9.63. The second-order valence-corrected chi connectivity index (χ2v) is 10.8. The Labute approximate surface area is 216 Å². The number of nitrogens with zero attached hydrogens (tertiary/aromatic N) is 1. The highest BCUT2D eigenvalue weighted by Crippen LogP contribution is 2.46. The van der Waals surface area contributed by atoms with Gasteiger partial charge >= 0.3 is 12.6 Å². The number of benzene rings is 2. The Morgan fingerprint density at radius 2 is 1.81 bits per heavy atom. The van der Waals surface area contributed by atoms with Crippen LogP contribution < -0.4 is 0 Å². The molecule has 0 bridgehead atoms. The molecular weight excluding hydrogens is 500 g/mol. The van der Waals surface area contributed by atoms with Gasteiger partial charge in [-0.05, 0) is 54.2 Å². The molecule has 0 amide bonds. The Bertz CT molecular complexity index is 1260. The summed E-state index contributed by atoms with van der Waals surface area (Å²) in [5.41, 5.74) is 2.85. The molecule has 1 aliphatic carbocycles. The monoisotopic (exact) mass is 531 g/mol. The summed E-state index contributed by atoms with van der Waals surface area (Å²) in [6.07, 6.45) is 7.14. The summed E-state index contributed by atoms with van der Waals surface area (Å²) in [7, 11) is -4.15. The standard InChI is InChI=1S/C28H31F2NO5S/c1-3-9-24(36-27(29)30)11-8-19-37(34,35)31(20-26(32)33)28(17-6-7-18-28)23-15-13-22(14-16-23)25-12-5-4-10-21(25)2/h3-5,8-16,27H,1,6-7,17-20H2,2H3,(H,32,33)/b11-8-,24-9+. The fourth-order valence-electron chi connectivity index (χ4n) is 4.87. The molecule has 1 fully saturated rings. The topological polar surface area (TPSA) is 83.9 Å². The van der Waals surface area contributed by atoms with E-state index in [2.05, 4.69) is 11.3 Å². The van der Waals surface area contributed by atoms with E-state index in [1.807, 2.05) is 55.5 Å². The third-order valence-electron chi connectivity index (χ3n) is 6.50. The first-order valence-electron chi connectivity index (χ1n) is 11.9. The van der Waals surface area contributed by atoms with Crippen molar-refractivity contribution in [3.63, 3.8) is 0 Å². The predicted octanol–water partition coefficient (Wildman–Crippen LogP) is 6.01. The van der Waals surface area contributed by atoms with Crippen LogP contribution in [0.25, 0.3) is 11.1 Å². The average molecular weight is 532 g/mol. The molecule has 6 nitrogen and oxygen atoms in total. The van der Waals surface area contributed by atoms with Gasteiger partial charge in [-0.25, -0.2) is 8.42 Å². The van der Waals surface area contributed by atoms with Crippen LogP contribution in [-0.4, -0.2) is 42.7 Å². The Morgan fingerprint density at radius 1 is 1.16 bits per heavy atom. The minimum atomic E-state index is -4.15. The van der Waals surface area contributed by atoms with Crippen molar-refractivity contribution < 1.29 is 31.8 Å². The number of carboxylic acid groups (broad SMARTS) is 1. The van der Waals surface area contributed by atoms with Crippen molar-refractivity contribution in [2.24, 2.45) is 0 Å². The number of alkyl halides is 2. The van der Waals surface area contributed by atoms with Gasteiger partial charge in [0, 0.05) is 0 Å². The highest BCUT2D eigenvalue weighted by atomic mass is 32.2. The first kappa shape index (κ1) is 28.3. The number of sulfonamides is 1. The van der Waals surface area contributed by atoms with Crippen molar-refractivity contribution in [3.05, 3.63) is 96.3 Å². The van der Waals surface area contributed by atoms with Gasteiger partial charge in [-0.3, -0.25) is 4.79 Å². The number of rotatable bonds is 12. The fraction of sp³-hybridized carbons (Fsp3) is 0.321. The van der Waals surface area contributed by atoms with Crippen LogP contribution in [0.3, 0.4) is 0 Å². The minimum Gasteiger partial charge on any atom is -0.480 e. The van der Waals surface area contributed by atoms with Crippen LogP contribution in [0.15, 0.2) is 85.2 Å². The second kappa shape index (κ2) is 12.3. The number of hydrogen-bond acceptors (Lipinski definition) is 4. The highest BCUT2D eigenvalue weighted by Gasteiger charge is 2.47. The zero-order valence-electron chi connectivity index (χ0n) is 20.6. The number of hydrogen-bond donors (Lipinski definition) is 1. The van der Waals surface area contributed by atoms with E-state index in [9.17, 15) is 27.1 Å². The fourth-order valence-corrected chi connectivity index (χ4v) is 6.51. The van der Waals surface area contributed by atoms with Gasteiger partial charge < -0.3 is 9.84 Å². The minimum absolute atomic E-state index is 0.257. The van der Waals surface area contributed by atoms with Crippen molar-refractivity contribution >= 4 is 16.0 Å². The van der Waals surface area contributed by atoms with Crippen LogP contribution >= 0.6 is 0 Å². The van der Waals surface area contributed by atoms with Crippen molar-refractivity contribution in [2.45, 2.75) is 44.8 Å². The molecule has 2 aromatic rings. The van der Waals surface area contributed by atoms with Gasteiger partial charge in [-0.1, -0.05) is 80.1 Å². The number of halogens is 2. The molecule has 0 aromatic heterocycles. The highest BCUT2D eigenvalue weighted by molar-refractivity contribution is 7.89. The van der Waals surface area contributed by atoms with Gasteiger partial charge in [0.25, 0.3) is 0 Å². The third-order valence-corrected chi connectivity index (χ3v) is 8.26. The number of ether oxygens (including phenoxy) is 1. The molecule has 1 N–H and O–H groups in total. The molecule has 0 spiro atoms. The first-order chi connectivity index (χ1) is 17.6. The lowest BCUT2D eigenvalue weighted by molar-refractivity contribution is -0.138. The maximum atomic E-state index is 13.5. The summed E-state index contributed by atoms with van der Waals surface area (Å²) >= 11 is 0. The molecule has 0 unspecified atom stereocenters. The number of carboxylic acids is 1. The number of aliphatic carboxylic acids is 1. The Morgan fingerprint density at radius 3 is 2.38 bits per heavy atom. The van der Waals surface area contributed by atoms with Gasteiger partial charge in [-0.2, -0.15) is 13.1 Å². The molecule has 0 atom stereocenters. The molecular formula is C28H31F2NO5S. The summed E-state index contributed by atoms with van der Waals surface area (Å²) in [6.45, 7) is 1.64. The van der Waals surface area contributed by atoms with E-state index in [0.717, 1.165) is 45.5 Å². The van der Waals surface area contributed by atoms with Crippen LogP contribution in [0.4, 0.5) is 8.78 Å². The maximum absolute atomic E-state index is 13.5. The molecule has 9 heteroatoms. The SMILES string of the molecule is C=C/C=C(\C=C/CS(=O)(=O)N(CC(=O)O)C1(c2ccc(-c3ccccc3C)cc2)CCCC1)OC(F)F. The molecule has 0 radical (unpaired) electrons. The summed E-state index contributed by atoms with van der Waals surface area (Å²) in [4.78, 5) is 11.8. The van der Waals surface area contributed by atoms with E-state index >= 15 is 0 Å². The smallest absolute Gasteiger partial charge is 0.387 e. The summed E-state index contributed by atoms with van der Waals surface area (Å²) < 4.78 is 57.7. The van der Waals surface area contributed by atoms with E-state index in [4.69, 9.17) is 0 Å². The maximum Gasteiger partial charge on any atom is 0.387 e. The second-order valence-electron chi connectivity index (χ2n) is 8.90. The zero-order chi connectivity index (χ0) is 27.1. The van der Waals surface area contributed by atoms with Crippen molar-refractivity contribution in [3.8, 4) is 11.1 Å². The van der Waals surface area contributed by atoms with Crippen molar-refractivity contribution in [2.75, 3.05) is 12.3 Å². The van der Waals surface area contributed by atoms with Gasteiger partial charge in [0.15, 0.2) is 0 Å². The van der Waals surface area contributed by atoms with Gasteiger partial charge in [-0.15, -0.1) is 0 Å². The number of allylic oxidation sites excluding steroid dienone is 3. The van der Waals surface area contributed by atoms with E-state index < -0.39 is 40.4 Å². The molecule has 2 aromatic carbocycles. The molecule has 1 saturated carbocycles. The Kier molecular flexibility index (Phi) is 9.39. The van der Waals surface area contributed by atoms with Gasteiger partial charge in [0.1, 0.15) is 12.3 Å². The molecule has 3 rings (SSSR count). The van der Waals surface area contributed by atoms with Crippen LogP contribution in [0, 0.1) is 6.92 Å². The van der Waals surface area contributed by atoms with Crippen molar-refractivity contribution in [1.29, 1.82) is 0 Å². The lowest BCUT2D eigenvalue weighted by atomic mass is 9.86. The summed E-state index contributed by atoms with van der Waals surface area (Å²) in [6, 6.07) is 15.5. The molecule has 1 aliphatic rings. The lowest BCUT2D eigenvalue weighted by Gasteiger charge is -2.40.